The predicted molar refractivity (Wildman–Crippen MR) is 114 cm³/mol. The van der Waals surface area contributed by atoms with Crippen LogP contribution < -0.4 is 15.4 Å². The minimum absolute atomic E-state index is 0.159. The van der Waals surface area contributed by atoms with E-state index in [1.165, 1.54) is 30.5 Å². The van der Waals surface area contributed by atoms with Crippen LogP contribution in [0.3, 0.4) is 0 Å². The molecule has 3 aromatic rings. The van der Waals surface area contributed by atoms with E-state index in [1.807, 2.05) is 0 Å². The summed E-state index contributed by atoms with van der Waals surface area (Å²) < 4.78 is 29.6. The van der Waals surface area contributed by atoms with Crippen LogP contribution in [-0.4, -0.2) is 56.1 Å². The average molecular weight is 468 g/mol. The first-order chi connectivity index (χ1) is 15.2. The van der Waals surface area contributed by atoms with E-state index in [0.29, 0.717) is 35.7 Å². The molecule has 0 aliphatic heterocycles. The number of hydrogen-bond donors (Lipinski definition) is 5. The standard InChI is InChI=1S/C20H20ClF2N5O4/c21-20(22,23)32-15-3-1-13(2-4-15)27-19(31)12-9-16(17-6-8-26-28-17)18(25-10-12)24-7-5-14(30)11-29/h1-4,6,8-10,14,29-30H,5,7,11H2,(H,24,25)(H,26,28)(H,27,31)/t14-/m0/s1. The number of benzene rings is 1. The van der Waals surface area contributed by atoms with Gasteiger partial charge >= 0.3 is 5.57 Å². The molecule has 0 fully saturated rings. The maximum absolute atomic E-state index is 12.7. The van der Waals surface area contributed by atoms with E-state index in [2.05, 4.69) is 30.6 Å². The van der Waals surface area contributed by atoms with Crippen molar-refractivity contribution in [1.29, 1.82) is 0 Å². The van der Waals surface area contributed by atoms with E-state index in [0.717, 1.165) is 0 Å². The molecule has 32 heavy (non-hydrogen) atoms. The highest BCUT2D eigenvalue weighted by Gasteiger charge is 2.27. The molecule has 12 heteroatoms. The van der Waals surface area contributed by atoms with Gasteiger partial charge in [0, 0.05) is 41.8 Å². The molecule has 1 aromatic carbocycles. The molecule has 1 amide bonds. The zero-order chi connectivity index (χ0) is 23.1. The first-order valence-electron chi connectivity index (χ1n) is 9.45. The van der Waals surface area contributed by atoms with Crippen LogP contribution >= 0.6 is 11.6 Å². The summed E-state index contributed by atoms with van der Waals surface area (Å²) in [7, 11) is 0. The number of aromatic amines is 1. The Kier molecular flexibility index (Phi) is 7.57. The van der Waals surface area contributed by atoms with Crippen molar-refractivity contribution in [1.82, 2.24) is 15.2 Å². The lowest BCUT2D eigenvalue weighted by Gasteiger charge is -2.14. The maximum Gasteiger partial charge on any atom is 0.487 e. The second kappa shape index (κ2) is 10.4. The fourth-order valence-corrected chi connectivity index (χ4v) is 2.82. The molecule has 0 aliphatic rings. The average Bonchev–Trinajstić information content (AvgIpc) is 3.29. The summed E-state index contributed by atoms with van der Waals surface area (Å²) in [5, 5.41) is 30.8. The molecule has 9 nitrogen and oxygen atoms in total. The van der Waals surface area contributed by atoms with E-state index in [1.54, 1.807) is 18.3 Å². The van der Waals surface area contributed by atoms with Crippen LogP contribution in [0.2, 0.25) is 0 Å². The number of carbonyl (C=O) groups is 1. The highest BCUT2D eigenvalue weighted by Crippen LogP contribution is 2.27. The molecular formula is C20H20ClF2N5O4. The molecule has 2 aromatic heterocycles. The SMILES string of the molecule is O=C(Nc1ccc(OC(F)(F)Cl)cc1)c1cnc(NCC[C@H](O)CO)c(-c2ccn[nH]2)c1. The van der Waals surface area contributed by atoms with Crippen LogP contribution in [0, 0.1) is 0 Å². The Labute approximate surface area is 186 Å². The molecule has 0 saturated carbocycles. The molecule has 0 saturated heterocycles. The van der Waals surface area contributed by atoms with Crippen molar-refractivity contribution >= 4 is 29.0 Å². The van der Waals surface area contributed by atoms with E-state index in [9.17, 15) is 18.7 Å². The predicted octanol–water partition coefficient (Wildman–Crippen LogP) is 3.05. The number of aliphatic hydroxyl groups excluding tert-OH is 2. The number of anilines is 2. The van der Waals surface area contributed by atoms with Crippen molar-refractivity contribution in [3.63, 3.8) is 0 Å². The Hall–Kier alpha value is -3.28. The van der Waals surface area contributed by atoms with Crippen LogP contribution in [0.4, 0.5) is 20.3 Å². The molecule has 0 unspecified atom stereocenters. The molecule has 170 valence electrons. The Morgan fingerprint density at radius 2 is 2.03 bits per heavy atom. The van der Waals surface area contributed by atoms with Gasteiger partial charge in [-0.1, -0.05) is 0 Å². The summed E-state index contributed by atoms with van der Waals surface area (Å²) in [5.74, 6) is -0.177. The summed E-state index contributed by atoms with van der Waals surface area (Å²) in [6.45, 7) is 0.000204. The number of aliphatic hydroxyl groups is 2. The number of halogens is 3. The number of rotatable bonds is 10. The van der Waals surface area contributed by atoms with Crippen LogP contribution in [-0.2, 0) is 0 Å². The molecule has 3 rings (SSSR count). The normalized spacial score (nSPS) is 12.3. The van der Waals surface area contributed by atoms with Gasteiger partial charge in [-0.05, 0) is 42.8 Å². The number of aromatic nitrogens is 3. The second-order valence-corrected chi connectivity index (χ2v) is 7.11. The topological polar surface area (TPSA) is 132 Å². The summed E-state index contributed by atoms with van der Waals surface area (Å²) in [5.41, 5.74) is -2.06. The van der Waals surface area contributed by atoms with Crippen LogP contribution in [0.1, 0.15) is 16.8 Å². The van der Waals surface area contributed by atoms with E-state index < -0.39 is 17.6 Å². The number of pyridine rings is 1. The summed E-state index contributed by atoms with van der Waals surface area (Å²) in [6, 6.07) is 8.58. The number of H-pyrrole nitrogens is 1. The van der Waals surface area contributed by atoms with Gasteiger partial charge in [0.15, 0.2) is 0 Å². The van der Waals surface area contributed by atoms with Gasteiger partial charge < -0.3 is 25.6 Å². The summed E-state index contributed by atoms with van der Waals surface area (Å²) in [6.07, 6.45) is 2.37. The Bertz CT molecular complexity index is 1030. The van der Waals surface area contributed by atoms with Crippen LogP contribution in [0.15, 0.2) is 48.8 Å². The third-order valence-electron chi connectivity index (χ3n) is 4.27. The first kappa shape index (κ1) is 23.4. The van der Waals surface area contributed by atoms with Crippen molar-refractivity contribution in [2.75, 3.05) is 23.8 Å². The highest BCUT2D eigenvalue weighted by molar-refractivity contribution is 6.20. The van der Waals surface area contributed by atoms with Crippen molar-refractivity contribution in [2.24, 2.45) is 0 Å². The van der Waals surface area contributed by atoms with Crippen molar-refractivity contribution in [2.45, 2.75) is 18.1 Å². The van der Waals surface area contributed by atoms with Crippen molar-refractivity contribution in [3.05, 3.63) is 54.4 Å². The monoisotopic (exact) mass is 467 g/mol. The van der Waals surface area contributed by atoms with Gasteiger partial charge in [0.05, 0.1) is 24.0 Å². The molecule has 1 atom stereocenters. The number of nitrogens with one attached hydrogen (secondary N) is 3. The van der Waals surface area contributed by atoms with Gasteiger partial charge in [0.25, 0.3) is 5.91 Å². The summed E-state index contributed by atoms with van der Waals surface area (Å²) in [4.78, 5) is 17.0. The van der Waals surface area contributed by atoms with E-state index in [4.69, 9.17) is 16.7 Å². The van der Waals surface area contributed by atoms with Gasteiger partial charge in [-0.3, -0.25) is 9.89 Å². The van der Waals surface area contributed by atoms with Crippen LogP contribution in [0.25, 0.3) is 11.3 Å². The number of nitrogens with zero attached hydrogens (tertiary/aromatic N) is 2. The largest absolute Gasteiger partial charge is 0.487 e. The van der Waals surface area contributed by atoms with E-state index >= 15 is 0 Å². The van der Waals surface area contributed by atoms with Gasteiger partial charge in [0.1, 0.15) is 11.6 Å². The number of ether oxygens (including phenoxy) is 1. The minimum Gasteiger partial charge on any atom is -0.420 e. The fraction of sp³-hybridized carbons (Fsp3) is 0.250. The zero-order valence-corrected chi connectivity index (χ0v) is 17.3. The Morgan fingerprint density at radius 1 is 1.28 bits per heavy atom. The number of carbonyl (C=O) groups excluding carboxylic acids is 1. The van der Waals surface area contributed by atoms with E-state index in [-0.39, 0.29) is 17.9 Å². The van der Waals surface area contributed by atoms with Crippen LogP contribution in [0.5, 0.6) is 5.75 Å². The third-order valence-corrected chi connectivity index (χ3v) is 4.34. The molecular weight excluding hydrogens is 448 g/mol. The summed E-state index contributed by atoms with van der Waals surface area (Å²) >= 11 is 4.73. The van der Waals surface area contributed by atoms with Gasteiger partial charge in [-0.25, -0.2) is 4.98 Å². The fourth-order valence-electron chi connectivity index (χ4n) is 2.73. The quantitative estimate of drug-likeness (QED) is 0.289. The third kappa shape index (κ3) is 6.61. The molecule has 2 heterocycles. The molecule has 0 aliphatic carbocycles. The lowest BCUT2D eigenvalue weighted by molar-refractivity contribution is -0.0964. The Balaban J connectivity index is 1.74. The van der Waals surface area contributed by atoms with Gasteiger partial charge in [0.2, 0.25) is 0 Å². The minimum atomic E-state index is -3.83. The Morgan fingerprint density at radius 3 is 2.66 bits per heavy atom. The first-order valence-corrected chi connectivity index (χ1v) is 9.82. The second-order valence-electron chi connectivity index (χ2n) is 6.67. The smallest absolute Gasteiger partial charge is 0.420 e. The van der Waals surface area contributed by atoms with Crippen molar-refractivity contribution in [3.8, 4) is 17.0 Å². The molecule has 0 spiro atoms. The molecule has 5 N–H and O–H groups in total. The highest BCUT2D eigenvalue weighted by atomic mass is 35.5. The lowest BCUT2D eigenvalue weighted by atomic mass is 10.1. The molecule has 0 bridgehead atoms. The lowest BCUT2D eigenvalue weighted by Crippen LogP contribution is -2.18. The van der Waals surface area contributed by atoms with Gasteiger partial charge in [-0.2, -0.15) is 5.10 Å². The van der Waals surface area contributed by atoms with Gasteiger partial charge in [-0.15, -0.1) is 8.78 Å². The molecule has 0 radical (unpaired) electrons. The number of alkyl halides is 3. The van der Waals surface area contributed by atoms with Crippen molar-refractivity contribution < 1.29 is 28.5 Å². The maximum atomic E-state index is 12.7. The number of hydrogen-bond acceptors (Lipinski definition) is 7. The zero-order valence-electron chi connectivity index (χ0n) is 16.6. The number of amides is 1.